The molecular weight excluding hydrogens is 198 g/mol. The van der Waals surface area contributed by atoms with Gasteiger partial charge in [0.15, 0.2) is 0 Å². The minimum atomic E-state index is -0.105. The molecule has 0 aromatic heterocycles. The molecule has 0 radical (unpaired) electrons. The van der Waals surface area contributed by atoms with Crippen LogP contribution in [0.2, 0.25) is 0 Å². The normalized spacial score (nSPS) is 11.2. The third-order valence-corrected chi connectivity index (χ3v) is 2.41. The monoisotopic (exact) mass is 215 g/mol. The van der Waals surface area contributed by atoms with Gasteiger partial charge in [0.2, 0.25) is 5.91 Å². The first-order valence-electron chi connectivity index (χ1n) is 5.31. The lowest BCUT2D eigenvalue weighted by Gasteiger charge is -2.08. The maximum atomic E-state index is 11.5. The van der Waals surface area contributed by atoms with Gasteiger partial charge in [0.1, 0.15) is 0 Å². The van der Waals surface area contributed by atoms with Crippen LogP contribution in [0.1, 0.15) is 18.1 Å². The van der Waals surface area contributed by atoms with Crippen LogP contribution in [0.3, 0.4) is 0 Å². The molecule has 1 N–H and O–H groups in total. The van der Waals surface area contributed by atoms with Crippen LogP contribution >= 0.6 is 0 Å². The van der Waals surface area contributed by atoms with E-state index in [0.717, 1.165) is 11.3 Å². The maximum Gasteiger partial charge on any atom is 0.248 e. The van der Waals surface area contributed by atoms with Crippen LogP contribution in [-0.2, 0) is 4.79 Å². The molecule has 0 heterocycles. The Morgan fingerprint density at radius 1 is 1.25 bits per heavy atom. The molecule has 0 atom stereocenters. The summed E-state index contributed by atoms with van der Waals surface area (Å²) in [7, 11) is 0. The van der Waals surface area contributed by atoms with Crippen LogP contribution in [-0.4, -0.2) is 5.91 Å². The molecule has 1 aromatic carbocycles. The summed E-state index contributed by atoms with van der Waals surface area (Å²) in [5.41, 5.74) is 3.15. The SMILES string of the molecule is CC=CC=CC(=O)Nc1cccc(C)c1C. The van der Waals surface area contributed by atoms with E-state index < -0.39 is 0 Å². The number of carbonyl (C=O) groups is 1. The largest absolute Gasteiger partial charge is 0.322 e. The Labute approximate surface area is 96.7 Å². The number of benzene rings is 1. The van der Waals surface area contributed by atoms with Gasteiger partial charge in [0, 0.05) is 11.8 Å². The van der Waals surface area contributed by atoms with Crippen molar-refractivity contribution in [3.8, 4) is 0 Å². The van der Waals surface area contributed by atoms with Gasteiger partial charge in [-0.25, -0.2) is 0 Å². The summed E-state index contributed by atoms with van der Waals surface area (Å²) in [5.74, 6) is -0.105. The molecule has 1 rings (SSSR count). The number of anilines is 1. The quantitative estimate of drug-likeness (QED) is 0.608. The van der Waals surface area contributed by atoms with Crippen molar-refractivity contribution in [2.75, 3.05) is 5.32 Å². The van der Waals surface area contributed by atoms with Crippen molar-refractivity contribution in [1.82, 2.24) is 0 Å². The first-order valence-corrected chi connectivity index (χ1v) is 5.31. The second-order valence-corrected chi connectivity index (χ2v) is 3.62. The van der Waals surface area contributed by atoms with Crippen molar-refractivity contribution in [1.29, 1.82) is 0 Å². The number of allylic oxidation sites excluding steroid dienone is 3. The Bertz CT molecular complexity index is 430. The smallest absolute Gasteiger partial charge is 0.248 e. The third-order valence-electron chi connectivity index (χ3n) is 2.41. The van der Waals surface area contributed by atoms with Crippen LogP contribution in [0.5, 0.6) is 0 Å². The lowest BCUT2D eigenvalue weighted by atomic mass is 10.1. The molecule has 0 saturated heterocycles. The van der Waals surface area contributed by atoms with Crippen molar-refractivity contribution in [3.63, 3.8) is 0 Å². The number of aryl methyl sites for hydroxylation is 1. The molecule has 0 unspecified atom stereocenters. The van der Waals surface area contributed by atoms with E-state index in [2.05, 4.69) is 5.32 Å². The first kappa shape index (κ1) is 12.2. The van der Waals surface area contributed by atoms with Crippen LogP contribution < -0.4 is 5.32 Å². The molecule has 0 fully saturated rings. The lowest BCUT2D eigenvalue weighted by Crippen LogP contribution is -2.09. The first-order chi connectivity index (χ1) is 7.65. The minimum Gasteiger partial charge on any atom is -0.322 e. The Balaban J connectivity index is 2.74. The van der Waals surface area contributed by atoms with Gasteiger partial charge in [-0.05, 0) is 38.0 Å². The minimum absolute atomic E-state index is 0.105. The van der Waals surface area contributed by atoms with Crippen LogP contribution in [0.4, 0.5) is 5.69 Å². The highest BCUT2D eigenvalue weighted by molar-refractivity contribution is 6.00. The molecule has 0 aliphatic rings. The molecular formula is C14H17NO. The van der Waals surface area contributed by atoms with Gasteiger partial charge in [-0.3, -0.25) is 4.79 Å². The van der Waals surface area contributed by atoms with Crippen LogP contribution in [0, 0.1) is 13.8 Å². The molecule has 1 amide bonds. The summed E-state index contributed by atoms with van der Waals surface area (Å²) >= 11 is 0. The molecule has 0 aliphatic carbocycles. The molecule has 2 heteroatoms. The Kier molecular flexibility index (Phi) is 4.52. The zero-order valence-corrected chi connectivity index (χ0v) is 9.95. The van der Waals surface area contributed by atoms with Crippen LogP contribution in [0.25, 0.3) is 0 Å². The maximum absolute atomic E-state index is 11.5. The fraction of sp³-hybridized carbons (Fsp3) is 0.214. The van der Waals surface area contributed by atoms with E-state index in [1.807, 2.05) is 51.1 Å². The highest BCUT2D eigenvalue weighted by atomic mass is 16.1. The fourth-order valence-electron chi connectivity index (χ4n) is 1.31. The van der Waals surface area contributed by atoms with Gasteiger partial charge >= 0.3 is 0 Å². The molecule has 2 nitrogen and oxygen atoms in total. The van der Waals surface area contributed by atoms with E-state index in [1.165, 1.54) is 11.6 Å². The van der Waals surface area contributed by atoms with Gasteiger partial charge in [0.05, 0.1) is 0 Å². The Morgan fingerprint density at radius 3 is 2.69 bits per heavy atom. The highest BCUT2D eigenvalue weighted by Gasteiger charge is 2.02. The highest BCUT2D eigenvalue weighted by Crippen LogP contribution is 2.17. The molecule has 1 aromatic rings. The predicted molar refractivity (Wildman–Crippen MR) is 68.5 cm³/mol. The van der Waals surface area contributed by atoms with Gasteiger partial charge < -0.3 is 5.32 Å². The van der Waals surface area contributed by atoms with Crippen molar-refractivity contribution in [2.24, 2.45) is 0 Å². The number of nitrogens with one attached hydrogen (secondary N) is 1. The number of carbonyl (C=O) groups excluding carboxylic acids is 1. The predicted octanol–water partition coefficient (Wildman–Crippen LogP) is 3.37. The number of hydrogen-bond donors (Lipinski definition) is 1. The summed E-state index contributed by atoms with van der Waals surface area (Å²) in [6.45, 7) is 5.94. The van der Waals surface area contributed by atoms with E-state index in [9.17, 15) is 4.79 Å². The molecule has 16 heavy (non-hydrogen) atoms. The van der Waals surface area contributed by atoms with Crippen molar-refractivity contribution in [3.05, 3.63) is 53.6 Å². The summed E-state index contributed by atoms with van der Waals surface area (Å²) in [6, 6.07) is 5.87. The average molecular weight is 215 g/mol. The number of amides is 1. The third kappa shape index (κ3) is 3.39. The second-order valence-electron chi connectivity index (χ2n) is 3.62. The van der Waals surface area contributed by atoms with E-state index in [0.29, 0.717) is 0 Å². The van der Waals surface area contributed by atoms with E-state index in [-0.39, 0.29) is 5.91 Å². The molecule has 0 aliphatic heterocycles. The zero-order chi connectivity index (χ0) is 12.0. The van der Waals surface area contributed by atoms with E-state index in [4.69, 9.17) is 0 Å². The number of rotatable bonds is 3. The van der Waals surface area contributed by atoms with Gasteiger partial charge in [-0.1, -0.05) is 30.4 Å². The zero-order valence-electron chi connectivity index (χ0n) is 9.95. The molecule has 0 saturated carbocycles. The standard InChI is InChI=1S/C14H17NO/c1-4-5-6-10-14(16)15-13-9-7-8-11(2)12(13)3/h4-10H,1-3H3,(H,15,16). The van der Waals surface area contributed by atoms with Crippen molar-refractivity contribution >= 4 is 11.6 Å². The summed E-state index contributed by atoms with van der Waals surface area (Å²) in [4.78, 5) is 11.5. The lowest BCUT2D eigenvalue weighted by molar-refractivity contribution is -0.111. The van der Waals surface area contributed by atoms with Crippen molar-refractivity contribution in [2.45, 2.75) is 20.8 Å². The fourth-order valence-corrected chi connectivity index (χ4v) is 1.31. The summed E-state index contributed by atoms with van der Waals surface area (Å²) in [5, 5.41) is 2.85. The average Bonchev–Trinajstić information content (AvgIpc) is 2.25. The second kappa shape index (κ2) is 5.91. The topological polar surface area (TPSA) is 29.1 Å². The molecule has 0 bridgehead atoms. The Morgan fingerprint density at radius 2 is 2.00 bits per heavy atom. The van der Waals surface area contributed by atoms with Crippen LogP contribution in [0.15, 0.2) is 42.5 Å². The molecule has 84 valence electrons. The van der Waals surface area contributed by atoms with Crippen molar-refractivity contribution < 1.29 is 4.79 Å². The van der Waals surface area contributed by atoms with Gasteiger partial charge in [-0.15, -0.1) is 0 Å². The molecule has 0 spiro atoms. The number of hydrogen-bond acceptors (Lipinski definition) is 1. The van der Waals surface area contributed by atoms with E-state index in [1.54, 1.807) is 6.08 Å². The Hall–Kier alpha value is -1.83. The van der Waals surface area contributed by atoms with E-state index >= 15 is 0 Å². The van der Waals surface area contributed by atoms with Gasteiger partial charge in [0.25, 0.3) is 0 Å². The van der Waals surface area contributed by atoms with Gasteiger partial charge in [-0.2, -0.15) is 0 Å². The summed E-state index contributed by atoms with van der Waals surface area (Å²) < 4.78 is 0. The summed E-state index contributed by atoms with van der Waals surface area (Å²) in [6.07, 6.45) is 6.94.